The average molecular weight is 263 g/mol. The molecule has 0 aliphatic rings. The Kier molecular flexibility index (Phi) is 3.98. The molecule has 0 bridgehead atoms. The number of thiocarbonyl (C=S) groups is 1. The Balaban J connectivity index is 3.04. The molecule has 1 aromatic rings. The summed E-state index contributed by atoms with van der Waals surface area (Å²) in [4.78, 5) is 0.00868. The van der Waals surface area contributed by atoms with Gasteiger partial charge in [-0.25, -0.2) is 0 Å². The summed E-state index contributed by atoms with van der Waals surface area (Å²) in [6, 6.07) is 4.74. The van der Waals surface area contributed by atoms with E-state index < -0.39 is 12.3 Å². The fourth-order valence-corrected chi connectivity index (χ4v) is 1.36. The molecule has 0 saturated carbocycles. The van der Waals surface area contributed by atoms with Gasteiger partial charge < -0.3 is 10.5 Å². The van der Waals surface area contributed by atoms with E-state index in [0.717, 1.165) is 12.5 Å². The van der Waals surface area contributed by atoms with E-state index in [-0.39, 0.29) is 10.7 Å². The second-order valence-corrected chi connectivity index (χ2v) is 4.11. The second-order valence-electron chi connectivity index (χ2n) is 3.67. The molecule has 0 heterocycles. The van der Waals surface area contributed by atoms with Gasteiger partial charge in [0.1, 0.15) is 10.7 Å². The monoisotopic (exact) mass is 263 g/mol. The van der Waals surface area contributed by atoms with Gasteiger partial charge in [-0.3, -0.25) is 0 Å². The van der Waals surface area contributed by atoms with Crippen molar-refractivity contribution in [3.8, 4) is 5.75 Å². The van der Waals surface area contributed by atoms with Crippen molar-refractivity contribution in [2.45, 2.75) is 26.1 Å². The highest BCUT2D eigenvalue weighted by Gasteiger charge is 2.38. The maximum atomic E-state index is 12.4. The lowest BCUT2D eigenvalue weighted by Crippen LogP contribution is -2.31. The van der Waals surface area contributed by atoms with Crippen molar-refractivity contribution in [1.82, 2.24) is 0 Å². The van der Waals surface area contributed by atoms with Gasteiger partial charge in [-0.05, 0) is 31.5 Å². The number of hydrogen-bond acceptors (Lipinski definition) is 2. The normalized spacial score (nSPS) is 13.2. The molecule has 0 aliphatic carbocycles. The van der Waals surface area contributed by atoms with Crippen molar-refractivity contribution >= 4 is 17.2 Å². The molecular formula is C11H12F3NOS. The number of alkyl halides is 3. The standard InChI is InChI=1S/C11H12F3NOS/c1-6-3-4-8(10(15)17)9(5-6)16-7(2)11(12,13)14/h3-5,7H,1-2H3,(H2,15,17). The molecule has 1 unspecified atom stereocenters. The minimum absolute atomic E-state index is 0.00868. The molecule has 1 atom stereocenters. The molecule has 0 fully saturated rings. The van der Waals surface area contributed by atoms with Gasteiger partial charge in [0.2, 0.25) is 0 Å². The molecule has 94 valence electrons. The Morgan fingerprint density at radius 2 is 2.00 bits per heavy atom. The van der Waals surface area contributed by atoms with Crippen LogP contribution in [0.25, 0.3) is 0 Å². The number of hydrogen-bond donors (Lipinski definition) is 1. The first-order valence-electron chi connectivity index (χ1n) is 4.85. The summed E-state index contributed by atoms with van der Waals surface area (Å²) in [6.07, 6.45) is -6.32. The van der Waals surface area contributed by atoms with Gasteiger partial charge in [0.15, 0.2) is 6.10 Å². The molecule has 2 nitrogen and oxygen atoms in total. The van der Waals surface area contributed by atoms with Gasteiger partial charge in [0.05, 0.1) is 5.56 Å². The van der Waals surface area contributed by atoms with Gasteiger partial charge >= 0.3 is 6.18 Å². The molecule has 1 rings (SSSR count). The van der Waals surface area contributed by atoms with Crippen LogP contribution in [0.5, 0.6) is 5.75 Å². The number of benzene rings is 1. The van der Waals surface area contributed by atoms with Gasteiger partial charge in [-0.2, -0.15) is 13.2 Å². The van der Waals surface area contributed by atoms with Crippen LogP contribution < -0.4 is 10.5 Å². The molecule has 1 aromatic carbocycles. The highest BCUT2D eigenvalue weighted by Crippen LogP contribution is 2.27. The van der Waals surface area contributed by atoms with Gasteiger partial charge in [0.25, 0.3) is 0 Å². The maximum Gasteiger partial charge on any atom is 0.425 e. The Morgan fingerprint density at radius 3 is 2.47 bits per heavy atom. The highest BCUT2D eigenvalue weighted by atomic mass is 32.1. The number of ether oxygens (including phenoxy) is 1. The van der Waals surface area contributed by atoms with Crippen LogP contribution in [0, 0.1) is 6.92 Å². The molecule has 0 aliphatic heterocycles. The summed E-state index contributed by atoms with van der Waals surface area (Å²) in [5, 5.41) is 0. The number of nitrogens with two attached hydrogens (primary N) is 1. The van der Waals surface area contributed by atoms with E-state index in [0.29, 0.717) is 5.56 Å². The zero-order valence-corrected chi connectivity index (χ0v) is 10.2. The molecule has 0 saturated heterocycles. The Bertz CT molecular complexity index is 431. The molecule has 0 spiro atoms. The third kappa shape index (κ3) is 3.59. The maximum absolute atomic E-state index is 12.4. The van der Waals surface area contributed by atoms with Crippen LogP contribution in [-0.4, -0.2) is 17.3 Å². The van der Waals surface area contributed by atoms with Gasteiger partial charge in [-0.1, -0.05) is 18.3 Å². The van der Waals surface area contributed by atoms with Crippen molar-refractivity contribution < 1.29 is 17.9 Å². The van der Waals surface area contributed by atoms with Crippen molar-refractivity contribution in [3.63, 3.8) is 0 Å². The summed E-state index contributed by atoms with van der Waals surface area (Å²) in [7, 11) is 0. The first-order valence-corrected chi connectivity index (χ1v) is 5.26. The van der Waals surface area contributed by atoms with Crippen LogP contribution in [-0.2, 0) is 0 Å². The summed E-state index contributed by atoms with van der Waals surface area (Å²) in [5.74, 6) is 0.0577. The van der Waals surface area contributed by atoms with Crippen LogP contribution >= 0.6 is 12.2 Å². The Morgan fingerprint density at radius 1 is 1.41 bits per heavy atom. The van der Waals surface area contributed by atoms with E-state index in [1.54, 1.807) is 19.1 Å². The average Bonchev–Trinajstić information content (AvgIpc) is 2.15. The molecule has 6 heteroatoms. The van der Waals surface area contributed by atoms with Crippen LogP contribution in [0.2, 0.25) is 0 Å². The van der Waals surface area contributed by atoms with Crippen molar-refractivity contribution in [1.29, 1.82) is 0 Å². The SMILES string of the molecule is Cc1ccc(C(N)=S)c(OC(C)C(F)(F)F)c1. The highest BCUT2D eigenvalue weighted by molar-refractivity contribution is 7.80. The van der Waals surface area contributed by atoms with Crippen molar-refractivity contribution in [2.24, 2.45) is 5.73 Å². The van der Waals surface area contributed by atoms with Crippen molar-refractivity contribution in [2.75, 3.05) is 0 Å². The summed E-state index contributed by atoms with van der Waals surface area (Å²) >= 11 is 4.76. The van der Waals surface area contributed by atoms with E-state index in [1.807, 2.05) is 0 Å². The zero-order chi connectivity index (χ0) is 13.2. The van der Waals surface area contributed by atoms with Crippen molar-refractivity contribution in [3.05, 3.63) is 29.3 Å². The van der Waals surface area contributed by atoms with Gasteiger partial charge in [0, 0.05) is 0 Å². The smallest absolute Gasteiger partial charge is 0.425 e. The molecule has 0 amide bonds. The largest absolute Gasteiger partial charge is 0.480 e. The molecule has 2 N–H and O–H groups in total. The predicted molar refractivity (Wildman–Crippen MR) is 63.2 cm³/mol. The zero-order valence-electron chi connectivity index (χ0n) is 9.34. The number of aryl methyl sites for hydroxylation is 1. The summed E-state index contributed by atoms with van der Waals surface area (Å²) in [6.45, 7) is 2.68. The quantitative estimate of drug-likeness (QED) is 0.851. The number of halogens is 3. The van der Waals surface area contributed by atoms with E-state index in [2.05, 4.69) is 0 Å². The van der Waals surface area contributed by atoms with Crippen LogP contribution in [0.4, 0.5) is 13.2 Å². The van der Waals surface area contributed by atoms with Gasteiger partial charge in [-0.15, -0.1) is 0 Å². The predicted octanol–water partition coefficient (Wildman–Crippen LogP) is 2.96. The summed E-state index contributed by atoms with van der Waals surface area (Å²) in [5.41, 5.74) is 6.50. The topological polar surface area (TPSA) is 35.2 Å². The Labute approximate surface area is 103 Å². The third-order valence-corrected chi connectivity index (χ3v) is 2.39. The fourth-order valence-electron chi connectivity index (χ4n) is 1.19. The molecular weight excluding hydrogens is 251 g/mol. The van der Waals surface area contributed by atoms with E-state index in [1.165, 1.54) is 6.07 Å². The minimum Gasteiger partial charge on any atom is -0.480 e. The lowest BCUT2D eigenvalue weighted by Gasteiger charge is -2.19. The first kappa shape index (κ1) is 13.8. The third-order valence-electron chi connectivity index (χ3n) is 2.17. The second kappa shape index (κ2) is 4.91. The Hall–Kier alpha value is -1.30. The van der Waals surface area contributed by atoms with E-state index >= 15 is 0 Å². The molecule has 0 aromatic heterocycles. The lowest BCUT2D eigenvalue weighted by atomic mass is 10.1. The number of rotatable bonds is 3. The minimum atomic E-state index is -4.42. The lowest BCUT2D eigenvalue weighted by molar-refractivity contribution is -0.189. The van der Waals surface area contributed by atoms with E-state index in [4.69, 9.17) is 22.7 Å². The van der Waals surface area contributed by atoms with Crippen LogP contribution in [0.1, 0.15) is 18.1 Å². The van der Waals surface area contributed by atoms with E-state index in [9.17, 15) is 13.2 Å². The van der Waals surface area contributed by atoms with Crippen LogP contribution in [0.15, 0.2) is 18.2 Å². The fraction of sp³-hybridized carbons (Fsp3) is 0.364. The first-order chi connectivity index (χ1) is 7.71. The molecule has 0 radical (unpaired) electrons. The molecule has 17 heavy (non-hydrogen) atoms. The summed E-state index contributed by atoms with van der Waals surface area (Å²) < 4.78 is 42.0. The van der Waals surface area contributed by atoms with Crippen LogP contribution in [0.3, 0.4) is 0 Å².